The van der Waals surface area contributed by atoms with Crippen molar-refractivity contribution in [3.63, 3.8) is 0 Å². The Labute approximate surface area is 119 Å². The molecule has 1 aliphatic carbocycles. The van der Waals surface area contributed by atoms with Crippen LogP contribution in [0.15, 0.2) is 24.3 Å². The second kappa shape index (κ2) is 6.85. The number of terminal acetylenes is 1. The van der Waals surface area contributed by atoms with Crippen molar-refractivity contribution < 1.29 is 9.53 Å². The minimum Gasteiger partial charge on any atom is -0.491 e. The molecule has 0 spiro atoms. The molecule has 1 aliphatic rings. The Morgan fingerprint density at radius 2 is 2.20 bits per heavy atom. The van der Waals surface area contributed by atoms with Crippen molar-refractivity contribution in [3.05, 3.63) is 24.3 Å². The summed E-state index contributed by atoms with van der Waals surface area (Å²) >= 11 is 0. The second-order valence-corrected chi connectivity index (χ2v) is 5.06. The van der Waals surface area contributed by atoms with Gasteiger partial charge in [0, 0.05) is 6.54 Å². The van der Waals surface area contributed by atoms with Crippen molar-refractivity contribution in [1.82, 2.24) is 4.90 Å². The first-order valence-electron chi connectivity index (χ1n) is 6.89. The van der Waals surface area contributed by atoms with Gasteiger partial charge in [0.2, 0.25) is 5.91 Å². The van der Waals surface area contributed by atoms with E-state index < -0.39 is 0 Å². The normalized spacial score (nSPS) is 13.6. The number of hydrogen-bond acceptors (Lipinski definition) is 3. The van der Waals surface area contributed by atoms with Gasteiger partial charge in [-0.25, -0.2) is 0 Å². The van der Waals surface area contributed by atoms with Crippen LogP contribution in [0.25, 0.3) is 0 Å². The van der Waals surface area contributed by atoms with Gasteiger partial charge < -0.3 is 15.4 Å². The number of nitrogens with zero attached hydrogens (tertiary/aromatic N) is 1. The summed E-state index contributed by atoms with van der Waals surface area (Å²) in [6.45, 7) is 1.47. The van der Waals surface area contributed by atoms with Crippen LogP contribution in [0, 0.1) is 18.3 Å². The molecule has 0 unspecified atom stereocenters. The molecule has 0 aliphatic heterocycles. The van der Waals surface area contributed by atoms with Gasteiger partial charge in [0.1, 0.15) is 5.75 Å². The lowest BCUT2D eigenvalue weighted by Gasteiger charge is -2.20. The molecule has 0 bridgehead atoms. The minimum atomic E-state index is 0.0457. The SMILES string of the molecule is C#CCN(CC1CC1)C(=O)CCOc1ccccc1N. The van der Waals surface area contributed by atoms with Gasteiger partial charge >= 0.3 is 0 Å². The molecule has 1 saturated carbocycles. The van der Waals surface area contributed by atoms with Gasteiger partial charge in [0.15, 0.2) is 0 Å². The lowest BCUT2D eigenvalue weighted by molar-refractivity contribution is -0.131. The Hall–Kier alpha value is -2.15. The molecule has 2 N–H and O–H groups in total. The highest BCUT2D eigenvalue weighted by Gasteiger charge is 2.26. The number of nitrogens with two attached hydrogens (primary N) is 1. The van der Waals surface area contributed by atoms with Gasteiger partial charge in [-0.05, 0) is 30.9 Å². The maximum atomic E-state index is 12.1. The van der Waals surface area contributed by atoms with E-state index in [1.54, 1.807) is 17.0 Å². The standard InChI is InChI=1S/C16H20N2O2/c1-2-10-18(12-13-7-8-13)16(19)9-11-20-15-6-4-3-5-14(15)17/h1,3-6,13H,7-12,17H2. The summed E-state index contributed by atoms with van der Waals surface area (Å²) in [5, 5.41) is 0. The third-order valence-electron chi connectivity index (χ3n) is 3.30. The molecule has 1 aromatic carbocycles. The second-order valence-electron chi connectivity index (χ2n) is 5.06. The first-order chi connectivity index (χ1) is 9.70. The highest BCUT2D eigenvalue weighted by Crippen LogP contribution is 2.29. The number of nitrogen functional groups attached to an aromatic ring is 1. The van der Waals surface area contributed by atoms with Crippen molar-refractivity contribution in [3.8, 4) is 18.1 Å². The number of anilines is 1. The number of ether oxygens (including phenoxy) is 1. The van der Waals surface area contributed by atoms with Gasteiger partial charge in [0.05, 0.1) is 25.3 Å². The molecular weight excluding hydrogens is 252 g/mol. The monoisotopic (exact) mass is 272 g/mol. The molecule has 0 aromatic heterocycles. The Morgan fingerprint density at radius 3 is 2.85 bits per heavy atom. The van der Waals surface area contributed by atoms with Crippen molar-refractivity contribution in [1.29, 1.82) is 0 Å². The largest absolute Gasteiger partial charge is 0.491 e. The zero-order valence-corrected chi connectivity index (χ0v) is 11.5. The van der Waals surface area contributed by atoms with Gasteiger partial charge in [-0.3, -0.25) is 4.79 Å². The van der Waals surface area contributed by atoms with Gasteiger partial charge in [-0.15, -0.1) is 6.42 Å². The number of benzene rings is 1. The number of para-hydroxylation sites is 2. The molecule has 0 atom stereocenters. The summed E-state index contributed by atoms with van der Waals surface area (Å²) < 4.78 is 5.53. The first-order valence-corrected chi connectivity index (χ1v) is 6.89. The van der Waals surface area contributed by atoms with E-state index >= 15 is 0 Å². The minimum absolute atomic E-state index is 0.0457. The summed E-state index contributed by atoms with van der Waals surface area (Å²) in [5.74, 6) is 3.84. The number of carbonyl (C=O) groups excluding carboxylic acids is 1. The lowest BCUT2D eigenvalue weighted by atomic mass is 10.3. The van der Waals surface area contributed by atoms with Crippen LogP contribution < -0.4 is 10.5 Å². The quantitative estimate of drug-likeness (QED) is 0.609. The van der Waals surface area contributed by atoms with Crippen LogP contribution in [0.2, 0.25) is 0 Å². The highest BCUT2D eigenvalue weighted by atomic mass is 16.5. The molecule has 20 heavy (non-hydrogen) atoms. The van der Waals surface area contributed by atoms with E-state index in [-0.39, 0.29) is 5.91 Å². The number of hydrogen-bond donors (Lipinski definition) is 1. The van der Waals surface area contributed by atoms with Crippen LogP contribution in [-0.2, 0) is 4.79 Å². The molecular formula is C16H20N2O2. The molecule has 0 radical (unpaired) electrons. The maximum absolute atomic E-state index is 12.1. The summed E-state index contributed by atoms with van der Waals surface area (Å²) in [6.07, 6.45) is 8.03. The third-order valence-corrected chi connectivity index (χ3v) is 3.30. The molecule has 2 rings (SSSR count). The fraction of sp³-hybridized carbons (Fsp3) is 0.438. The molecule has 1 amide bonds. The van der Waals surface area contributed by atoms with E-state index in [2.05, 4.69) is 5.92 Å². The highest BCUT2D eigenvalue weighted by molar-refractivity contribution is 5.76. The molecule has 0 heterocycles. The topological polar surface area (TPSA) is 55.6 Å². The van der Waals surface area contributed by atoms with Gasteiger partial charge in [-0.2, -0.15) is 0 Å². The fourth-order valence-electron chi connectivity index (χ4n) is 2.00. The predicted molar refractivity (Wildman–Crippen MR) is 79.1 cm³/mol. The predicted octanol–water partition coefficient (Wildman–Crippen LogP) is 1.91. The van der Waals surface area contributed by atoms with Gasteiger partial charge in [0.25, 0.3) is 0 Å². The number of carbonyl (C=O) groups is 1. The number of rotatable bonds is 7. The molecule has 0 saturated heterocycles. The molecule has 106 valence electrons. The van der Waals surface area contributed by atoms with E-state index in [9.17, 15) is 4.79 Å². The molecule has 4 heteroatoms. The van der Waals surface area contributed by atoms with Gasteiger partial charge in [-0.1, -0.05) is 18.1 Å². The van der Waals surface area contributed by atoms with E-state index in [0.29, 0.717) is 36.9 Å². The van der Waals surface area contributed by atoms with Crippen molar-refractivity contribution >= 4 is 11.6 Å². The van der Waals surface area contributed by atoms with E-state index in [0.717, 1.165) is 6.54 Å². The summed E-state index contributed by atoms with van der Waals surface area (Å²) in [7, 11) is 0. The lowest BCUT2D eigenvalue weighted by Crippen LogP contribution is -2.34. The Bertz CT molecular complexity index is 503. The third kappa shape index (κ3) is 4.20. The van der Waals surface area contributed by atoms with E-state index in [1.165, 1.54) is 12.8 Å². The average molecular weight is 272 g/mol. The van der Waals surface area contributed by atoms with Crippen LogP contribution in [0.4, 0.5) is 5.69 Å². The van der Waals surface area contributed by atoms with Crippen molar-refractivity contribution in [2.45, 2.75) is 19.3 Å². The molecule has 1 fully saturated rings. The summed E-state index contributed by atoms with van der Waals surface area (Å²) in [6, 6.07) is 7.26. The zero-order valence-electron chi connectivity index (χ0n) is 11.5. The first kappa shape index (κ1) is 14.3. The fourth-order valence-corrected chi connectivity index (χ4v) is 2.00. The van der Waals surface area contributed by atoms with Crippen LogP contribution >= 0.6 is 0 Å². The Kier molecular flexibility index (Phi) is 4.89. The Balaban J connectivity index is 1.78. The molecule has 4 nitrogen and oxygen atoms in total. The van der Waals surface area contributed by atoms with Crippen molar-refractivity contribution in [2.75, 3.05) is 25.4 Å². The van der Waals surface area contributed by atoms with Crippen LogP contribution in [-0.4, -0.2) is 30.5 Å². The molecule has 1 aromatic rings. The van der Waals surface area contributed by atoms with Crippen LogP contribution in [0.5, 0.6) is 5.75 Å². The summed E-state index contributed by atoms with van der Waals surface area (Å²) in [5.41, 5.74) is 6.35. The van der Waals surface area contributed by atoms with E-state index in [4.69, 9.17) is 16.9 Å². The van der Waals surface area contributed by atoms with Crippen LogP contribution in [0.3, 0.4) is 0 Å². The smallest absolute Gasteiger partial charge is 0.226 e. The maximum Gasteiger partial charge on any atom is 0.226 e. The van der Waals surface area contributed by atoms with Crippen molar-refractivity contribution in [2.24, 2.45) is 5.92 Å². The Morgan fingerprint density at radius 1 is 1.45 bits per heavy atom. The van der Waals surface area contributed by atoms with E-state index in [1.807, 2.05) is 12.1 Å². The number of amides is 1. The summed E-state index contributed by atoms with van der Waals surface area (Å²) in [4.78, 5) is 13.8. The zero-order chi connectivity index (χ0) is 14.4. The average Bonchev–Trinajstić information content (AvgIpc) is 3.24. The van der Waals surface area contributed by atoms with Crippen LogP contribution in [0.1, 0.15) is 19.3 Å².